The Kier molecular flexibility index (Phi) is 5.11. The Hall–Kier alpha value is -2.64. The van der Waals surface area contributed by atoms with Gasteiger partial charge in [-0.1, -0.05) is 17.7 Å². The van der Waals surface area contributed by atoms with Crippen LogP contribution >= 0.6 is 0 Å². The summed E-state index contributed by atoms with van der Waals surface area (Å²) in [6.07, 6.45) is 1.78. The zero-order chi connectivity index (χ0) is 18.7. The first-order valence-electron chi connectivity index (χ1n) is 8.03. The molecule has 0 atom stereocenters. The Labute approximate surface area is 152 Å². The van der Waals surface area contributed by atoms with Gasteiger partial charge in [0.25, 0.3) is 0 Å². The molecular formula is C19H18NO5S-. The second-order valence-electron chi connectivity index (χ2n) is 5.88. The fourth-order valence-electron chi connectivity index (χ4n) is 2.74. The number of hydrogen-bond donors (Lipinski definition) is 0. The summed E-state index contributed by atoms with van der Waals surface area (Å²) < 4.78 is 42.9. The first-order chi connectivity index (χ1) is 12.4. The lowest BCUT2D eigenvalue weighted by Crippen LogP contribution is -2.15. The summed E-state index contributed by atoms with van der Waals surface area (Å²) in [5.41, 5.74) is 2.39. The zero-order valence-electron chi connectivity index (χ0n) is 14.4. The lowest BCUT2D eigenvalue weighted by molar-refractivity contribution is 0.174. The third kappa shape index (κ3) is 3.95. The van der Waals surface area contributed by atoms with Crippen LogP contribution in [0, 0.1) is 13.8 Å². The standard InChI is InChI=1S/C11H9NO2.C8H10O3S/c1-2-8-9(12-5-1)3-4-10-11(8)14-7-6-13-10;1-6-3-4-8(7(2)5-6)12(9,10)11/h1-5H,6-7H2;3-5H,1-2H3,(H,9,10,11)/p-1. The van der Waals surface area contributed by atoms with Crippen molar-refractivity contribution < 1.29 is 22.4 Å². The zero-order valence-corrected chi connectivity index (χ0v) is 15.2. The van der Waals surface area contributed by atoms with E-state index in [1.807, 2.05) is 31.2 Å². The highest BCUT2D eigenvalue weighted by Crippen LogP contribution is 2.36. The van der Waals surface area contributed by atoms with Crippen LogP contribution in [0.15, 0.2) is 53.6 Å². The van der Waals surface area contributed by atoms with Crippen LogP contribution in [0.25, 0.3) is 10.9 Å². The SMILES string of the molecule is Cc1ccc(S(=O)(=O)[O-])c(C)c1.c1cnc2ccc3c(c2c1)OCCO3. The molecule has 0 radical (unpaired) electrons. The molecule has 0 unspecified atom stereocenters. The quantitative estimate of drug-likeness (QED) is 0.610. The van der Waals surface area contributed by atoms with E-state index in [1.165, 1.54) is 6.07 Å². The highest BCUT2D eigenvalue weighted by Gasteiger charge is 2.14. The van der Waals surface area contributed by atoms with E-state index >= 15 is 0 Å². The first-order valence-corrected chi connectivity index (χ1v) is 9.43. The molecule has 6 nitrogen and oxygen atoms in total. The van der Waals surface area contributed by atoms with Crippen LogP contribution < -0.4 is 9.47 Å². The third-order valence-corrected chi connectivity index (χ3v) is 4.88. The number of aromatic nitrogens is 1. The highest BCUT2D eigenvalue weighted by molar-refractivity contribution is 7.85. The van der Waals surface area contributed by atoms with Crippen molar-refractivity contribution >= 4 is 21.0 Å². The van der Waals surface area contributed by atoms with Gasteiger partial charge in [0, 0.05) is 11.6 Å². The normalized spacial score (nSPS) is 13.0. The van der Waals surface area contributed by atoms with Gasteiger partial charge >= 0.3 is 0 Å². The van der Waals surface area contributed by atoms with Gasteiger partial charge in [-0.05, 0) is 49.7 Å². The smallest absolute Gasteiger partial charge is 0.170 e. The fourth-order valence-corrected chi connectivity index (χ4v) is 3.43. The van der Waals surface area contributed by atoms with Crippen LogP contribution in [-0.4, -0.2) is 31.2 Å². The number of benzene rings is 2. The van der Waals surface area contributed by atoms with Crippen molar-refractivity contribution in [1.82, 2.24) is 4.98 Å². The molecule has 0 spiro atoms. The van der Waals surface area contributed by atoms with Gasteiger partial charge in [0.15, 0.2) is 11.5 Å². The van der Waals surface area contributed by atoms with Crippen LogP contribution in [0.1, 0.15) is 11.1 Å². The maximum Gasteiger partial charge on any atom is 0.170 e. The Morgan fingerprint density at radius 1 is 1.04 bits per heavy atom. The molecule has 1 aromatic heterocycles. The maximum absolute atomic E-state index is 10.6. The molecule has 0 aliphatic carbocycles. The van der Waals surface area contributed by atoms with Crippen molar-refractivity contribution in [2.24, 2.45) is 0 Å². The molecule has 3 aromatic rings. The van der Waals surface area contributed by atoms with Gasteiger partial charge in [-0.25, -0.2) is 8.42 Å². The molecule has 2 heterocycles. The summed E-state index contributed by atoms with van der Waals surface area (Å²) in [6, 6.07) is 12.4. The van der Waals surface area contributed by atoms with Crippen LogP contribution in [0.3, 0.4) is 0 Å². The average Bonchev–Trinajstić information content (AvgIpc) is 2.61. The van der Waals surface area contributed by atoms with Crippen LogP contribution in [-0.2, 0) is 10.1 Å². The molecule has 26 heavy (non-hydrogen) atoms. The molecule has 136 valence electrons. The van der Waals surface area contributed by atoms with Crippen molar-refractivity contribution in [3.63, 3.8) is 0 Å². The minimum Gasteiger partial charge on any atom is -0.744 e. The molecule has 0 saturated carbocycles. The largest absolute Gasteiger partial charge is 0.744 e. The lowest BCUT2D eigenvalue weighted by atomic mass is 10.2. The topological polar surface area (TPSA) is 88.6 Å². The van der Waals surface area contributed by atoms with E-state index in [4.69, 9.17) is 9.47 Å². The summed E-state index contributed by atoms with van der Waals surface area (Å²) >= 11 is 0. The Balaban J connectivity index is 0.000000153. The van der Waals surface area contributed by atoms with Gasteiger partial charge in [0.1, 0.15) is 23.3 Å². The van der Waals surface area contributed by atoms with Gasteiger partial charge in [-0.2, -0.15) is 0 Å². The number of fused-ring (bicyclic) bond motifs is 3. The summed E-state index contributed by atoms with van der Waals surface area (Å²) in [4.78, 5) is 4.12. The fraction of sp³-hybridized carbons (Fsp3) is 0.211. The summed E-state index contributed by atoms with van der Waals surface area (Å²) in [6.45, 7) is 4.69. The average molecular weight is 372 g/mol. The molecule has 0 amide bonds. The minimum absolute atomic E-state index is 0.131. The first kappa shape index (κ1) is 18.2. The van der Waals surface area contributed by atoms with E-state index < -0.39 is 10.1 Å². The van der Waals surface area contributed by atoms with Crippen molar-refractivity contribution in [1.29, 1.82) is 0 Å². The van der Waals surface area contributed by atoms with E-state index in [1.54, 1.807) is 25.3 Å². The number of rotatable bonds is 1. The van der Waals surface area contributed by atoms with Crippen molar-refractivity contribution in [3.8, 4) is 11.5 Å². The molecule has 0 fully saturated rings. The second kappa shape index (κ2) is 7.31. The summed E-state index contributed by atoms with van der Waals surface area (Å²) in [5, 5.41) is 1.02. The van der Waals surface area contributed by atoms with E-state index in [9.17, 15) is 13.0 Å². The predicted octanol–water partition coefficient (Wildman–Crippen LogP) is 3.21. The second-order valence-corrected chi connectivity index (χ2v) is 7.23. The van der Waals surface area contributed by atoms with Crippen molar-refractivity contribution in [3.05, 3.63) is 59.8 Å². The third-order valence-electron chi connectivity index (χ3n) is 3.89. The number of hydrogen-bond acceptors (Lipinski definition) is 6. The van der Waals surface area contributed by atoms with Gasteiger partial charge < -0.3 is 14.0 Å². The van der Waals surface area contributed by atoms with Gasteiger partial charge in [-0.15, -0.1) is 0 Å². The number of pyridine rings is 1. The van der Waals surface area contributed by atoms with Crippen LogP contribution in [0.5, 0.6) is 11.5 Å². The number of ether oxygens (including phenoxy) is 2. The lowest BCUT2D eigenvalue weighted by Gasteiger charge is -2.19. The van der Waals surface area contributed by atoms with E-state index in [0.717, 1.165) is 28.0 Å². The van der Waals surface area contributed by atoms with E-state index in [-0.39, 0.29) is 4.90 Å². The molecule has 1 aliphatic rings. The maximum atomic E-state index is 10.6. The minimum atomic E-state index is -4.30. The molecular weight excluding hydrogens is 354 g/mol. The number of nitrogens with zero attached hydrogens (tertiary/aromatic N) is 1. The van der Waals surface area contributed by atoms with E-state index in [0.29, 0.717) is 18.8 Å². The van der Waals surface area contributed by atoms with E-state index in [2.05, 4.69) is 4.98 Å². The monoisotopic (exact) mass is 372 g/mol. The summed E-state index contributed by atoms with van der Waals surface area (Å²) in [7, 11) is -4.30. The molecule has 7 heteroatoms. The van der Waals surface area contributed by atoms with Crippen molar-refractivity contribution in [2.75, 3.05) is 13.2 Å². The van der Waals surface area contributed by atoms with Crippen molar-refractivity contribution in [2.45, 2.75) is 18.7 Å². The Bertz CT molecular complexity index is 1050. The van der Waals surface area contributed by atoms with Crippen LogP contribution in [0.2, 0.25) is 0 Å². The van der Waals surface area contributed by atoms with Crippen LogP contribution in [0.4, 0.5) is 0 Å². The van der Waals surface area contributed by atoms with Gasteiger partial charge in [0.05, 0.1) is 10.4 Å². The predicted molar refractivity (Wildman–Crippen MR) is 96.6 cm³/mol. The Morgan fingerprint density at radius 2 is 1.81 bits per heavy atom. The highest BCUT2D eigenvalue weighted by atomic mass is 32.2. The Morgan fingerprint density at radius 3 is 2.54 bits per heavy atom. The molecule has 0 saturated heterocycles. The molecule has 1 aliphatic heterocycles. The van der Waals surface area contributed by atoms with Gasteiger partial charge in [-0.3, -0.25) is 4.98 Å². The molecule has 0 N–H and O–H groups in total. The molecule has 4 rings (SSSR count). The van der Waals surface area contributed by atoms with Gasteiger partial charge in [0.2, 0.25) is 0 Å². The summed E-state index contributed by atoms with van der Waals surface area (Å²) in [5.74, 6) is 1.64. The number of aryl methyl sites for hydroxylation is 2. The molecule has 0 bridgehead atoms. The molecule has 2 aromatic carbocycles.